The van der Waals surface area contributed by atoms with Crippen molar-refractivity contribution in [2.24, 2.45) is 5.41 Å². The maximum atomic E-state index is 12.2. The van der Waals surface area contributed by atoms with Crippen LogP contribution in [0.3, 0.4) is 0 Å². The van der Waals surface area contributed by atoms with Crippen molar-refractivity contribution in [3.05, 3.63) is 28.8 Å². The summed E-state index contributed by atoms with van der Waals surface area (Å²) in [7, 11) is 0. The molecule has 2 rings (SSSR count). The molecule has 1 aliphatic heterocycles. The Balaban J connectivity index is 2.53. The van der Waals surface area contributed by atoms with Gasteiger partial charge in [0.1, 0.15) is 0 Å². The van der Waals surface area contributed by atoms with Crippen LogP contribution < -0.4 is 4.90 Å². The summed E-state index contributed by atoms with van der Waals surface area (Å²) < 4.78 is 0. The van der Waals surface area contributed by atoms with Crippen molar-refractivity contribution >= 4 is 35.1 Å². The molecular formula is C13H12ClNO4. The van der Waals surface area contributed by atoms with Gasteiger partial charge < -0.3 is 5.11 Å². The van der Waals surface area contributed by atoms with E-state index in [4.69, 9.17) is 16.7 Å². The molecule has 0 radical (unpaired) electrons. The minimum atomic E-state index is -1.14. The van der Waals surface area contributed by atoms with Crippen LogP contribution in [-0.4, -0.2) is 22.9 Å². The van der Waals surface area contributed by atoms with Crippen LogP contribution >= 0.6 is 11.6 Å². The van der Waals surface area contributed by atoms with E-state index < -0.39 is 11.4 Å². The molecule has 0 aliphatic carbocycles. The first-order chi connectivity index (χ1) is 8.74. The van der Waals surface area contributed by atoms with Crippen LogP contribution in [0.25, 0.3) is 0 Å². The summed E-state index contributed by atoms with van der Waals surface area (Å²) in [5, 5.41) is 9.12. The number of rotatable bonds is 2. The van der Waals surface area contributed by atoms with Crippen LogP contribution in [-0.2, 0) is 9.59 Å². The average Bonchev–Trinajstić information content (AvgIpc) is 2.49. The van der Waals surface area contributed by atoms with Gasteiger partial charge in [-0.2, -0.15) is 0 Å². The predicted octanol–water partition coefficient (Wildman–Crippen LogP) is 2.33. The third-order valence-corrected chi connectivity index (χ3v) is 3.38. The normalized spacial score (nSPS) is 17.9. The van der Waals surface area contributed by atoms with E-state index in [0.717, 1.165) is 4.90 Å². The largest absolute Gasteiger partial charge is 0.478 e. The Morgan fingerprint density at radius 2 is 2.00 bits per heavy atom. The van der Waals surface area contributed by atoms with Crippen LogP contribution in [0, 0.1) is 5.41 Å². The fourth-order valence-corrected chi connectivity index (χ4v) is 2.21. The highest BCUT2D eigenvalue weighted by atomic mass is 35.5. The van der Waals surface area contributed by atoms with Gasteiger partial charge in [0.25, 0.3) is 0 Å². The second-order valence-corrected chi connectivity index (χ2v) is 5.47. The summed E-state index contributed by atoms with van der Waals surface area (Å²) in [4.78, 5) is 36.0. The highest BCUT2D eigenvalue weighted by Crippen LogP contribution is 2.38. The van der Waals surface area contributed by atoms with Crippen LogP contribution in [0.15, 0.2) is 18.2 Å². The van der Waals surface area contributed by atoms with Crippen LogP contribution in [0.4, 0.5) is 5.69 Å². The molecule has 0 unspecified atom stereocenters. The molecule has 0 spiro atoms. The van der Waals surface area contributed by atoms with Crippen LogP contribution in [0.2, 0.25) is 5.02 Å². The number of carboxylic acid groups (broad SMARTS) is 1. The summed E-state index contributed by atoms with van der Waals surface area (Å²) in [5.74, 6) is -1.89. The zero-order valence-electron chi connectivity index (χ0n) is 10.4. The first-order valence-corrected chi connectivity index (χ1v) is 6.02. The average molecular weight is 282 g/mol. The molecule has 0 bridgehead atoms. The third kappa shape index (κ3) is 2.21. The maximum Gasteiger partial charge on any atom is 0.335 e. The van der Waals surface area contributed by atoms with Crippen molar-refractivity contribution in [1.29, 1.82) is 0 Å². The Labute approximate surface area is 114 Å². The summed E-state index contributed by atoms with van der Waals surface area (Å²) in [6, 6.07) is 3.93. The summed E-state index contributed by atoms with van der Waals surface area (Å²) in [6.45, 7) is 3.34. The van der Waals surface area contributed by atoms with Gasteiger partial charge in [0.2, 0.25) is 11.8 Å². The van der Waals surface area contributed by atoms with Crippen molar-refractivity contribution in [1.82, 2.24) is 0 Å². The van der Waals surface area contributed by atoms with Crippen molar-refractivity contribution in [3.63, 3.8) is 0 Å². The number of aromatic carboxylic acids is 1. The lowest BCUT2D eigenvalue weighted by Gasteiger charge is -2.19. The van der Waals surface area contributed by atoms with Crippen LogP contribution in [0.1, 0.15) is 30.6 Å². The van der Waals surface area contributed by atoms with Crippen molar-refractivity contribution in [2.75, 3.05) is 4.90 Å². The van der Waals surface area contributed by atoms with E-state index >= 15 is 0 Å². The van der Waals surface area contributed by atoms with Gasteiger partial charge in [0.05, 0.1) is 21.7 Å². The molecule has 6 heteroatoms. The minimum Gasteiger partial charge on any atom is -0.478 e. The van der Waals surface area contributed by atoms with E-state index in [-0.39, 0.29) is 34.5 Å². The Hall–Kier alpha value is -1.88. The Kier molecular flexibility index (Phi) is 3.10. The fourth-order valence-electron chi connectivity index (χ4n) is 2.01. The number of benzene rings is 1. The molecule has 100 valence electrons. The van der Waals surface area contributed by atoms with E-state index in [1.54, 1.807) is 13.8 Å². The lowest BCUT2D eigenvalue weighted by Crippen LogP contribution is -2.33. The number of carbonyl (C=O) groups excluding carboxylic acids is 2. The molecule has 1 aromatic carbocycles. The zero-order valence-corrected chi connectivity index (χ0v) is 11.2. The molecule has 1 aliphatic rings. The summed E-state index contributed by atoms with van der Waals surface area (Å²) >= 11 is 5.97. The number of amides is 2. The number of carboxylic acids is 1. The molecule has 0 saturated carbocycles. The summed E-state index contributed by atoms with van der Waals surface area (Å²) in [5.41, 5.74) is -0.688. The Morgan fingerprint density at radius 3 is 2.47 bits per heavy atom. The molecule has 19 heavy (non-hydrogen) atoms. The number of imide groups is 1. The van der Waals surface area contributed by atoms with E-state index in [1.165, 1.54) is 18.2 Å². The maximum absolute atomic E-state index is 12.2. The molecule has 1 aromatic rings. The predicted molar refractivity (Wildman–Crippen MR) is 69.3 cm³/mol. The first-order valence-electron chi connectivity index (χ1n) is 5.64. The standard InChI is InChI=1S/C13H12ClNO4/c1-13(2)6-10(16)15(12(13)19)9-5-7(11(17)18)3-4-8(9)14/h3-5H,6H2,1-2H3,(H,17,18). The second kappa shape index (κ2) is 4.35. The van der Waals surface area contributed by atoms with E-state index in [2.05, 4.69) is 0 Å². The second-order valence-electron chi connectivity index (χ2n) is 5.07. The molecule has 0 aromatic heterocycles. The first kappa shape index (κ1) is 13.5. The van der Waals surface area contributed by atoms with Crippen molar-refractivity contribution in [2.45, 2.75) is 20.3 Å². The molecule has 1 saturated heterocycles. The third-order valence-electron chi connectivity index (χ3n) is 3.06. The topological polar surface area (TPSA) is 74.7 Å². The number of nitrogens with zero attached hydrogens (tertiary/aromatic N) is 1. The summed E-state index contributed by atoms with van der Waals surface area (Å²) in [6.07, 6.45) is 0.0828. The van der Waals surface area contributed by atoms with Gasteiger partial charge in [0.15, 0.2) is 0 Å². The zero-order chi connectivity index (χ0) is 14.4. The lowest BCUT2D eigenvalue weighted by atomic mass is 9.92. The monoisotopic (exact) mass is 281 g/mol. The van der Waals surface area contributed by atoms with Gasteiger partial charge in [-0.15, -0.1) is 0 Å². The number of hydrogen-bond acceptors (Lipinski definition) is 3. The number of carbonyl (C=O) groups is 3. The molecular weight excluding hydrogens is 270 g/mol. The SMILES string of the molecule is CC1(C)CC(=O)N(c2cc(C(=O)O)ccc2Cl)C1=O. The van der Waals surface area contributed by atoms with E-state index in [0.29, 0.717) is 0 Å². The Morgan fingerprint density at radius 1 is 1.37 bits per heavy atom. The van der Waals surface area contributed by atoms with Crippen LogP contribution in [0.5, 0.6) is 0 Å². The molecule has 1 heterocycles. The van der Waals surface area contributed by atoms with E-state index in [9.17, 15) is 14.4 Å². The Bertz CT molecular complexity index is 594. The van der Waals surface area contributed by atoms with Gasteiger partial charge in [0, 0.05) is 6.42 Å². The minimum absolute atomic E-state index is 0.0234. The van der Waals surface area contributed by atoms with Gasteiger partial charge in [-0.3, -0.25) is 9.59 Å². The lowest BCUT2D eigenvalue weighted by molar-refractivity contribution is -0.124. The van der Waals surface area contributed by atoms with Crippen molar-refractivity contribution in [3.8, 4) is 0 Å². The van der Waals surface area contributed by atoms with Crippen molar-refractivity contribution < 1.29 is 19.5 Å². The molecule has 1 fully saturated rings. The number of halogens is 1. The number of hydrogen-bond donors (Lipinski definition) is 1. The highest BCUT2D eigenvalue weighted by Gasteiger charge is 2.46. The van der Waals surface area contributed by atoms with Gasteiger partial charge >= 0.3 is 5.97 Å². The molecule has 5 nitrogen and oxygen atoms in total. The highest BCUT2D eigenvalue weighted by molar-refractivity contribution is 6.36. The molecule has 1 N–H and O–H groups in total. The number of anilines is 1. The molecule has 2 amide bonds. The molecule has 0 atom stereocenters. The van der Waals surface area contributed by atoms with Gasteiger partial charge in [-0.25, -0.2) is 9.69 Å². The van der Waals surface area contributed by atoms with Gasteiger partial charge in [-0.05, 0) is 18.2 Å². The van der Waals surface area contributed by atoms with Gasteiger partial charge in [-0.1, -0.05) is 25.4 Å². The smallest absolute Gasteiger partial charge is 0.335 e. The van der Waals surface area contributed by atoms with E-state index in [1.807, 2.05) is 0 Å². The quantitative estimate of drug-likeness (QED) is 0.844. The fraction of sp³-hybridized carbons (Fsp3) is 0.308.